The van der Waals surface area contributed by atoms with Gasteiger partial charge in [0.25, 0.3) is 15.9 Å². The van der Waals surface area contributed by atoms with Crippen molar-refractivity contribution in [3.8, 4) is 17.2 Å². The van der Waals surface area contributed by atoms with E-state index >= 15 is 4.39 Å². The summed E-state index contributed by atoms with van der Waals surface area (Å²) in [5, 5.41) is 15.9. The van der Waals surface area contributed by atoms with Crippen LogP contribution in [-0.4, -0.2) is 90.1 Å². The Hall–Kier alpha value is -5.65. The van der Waals surface area contributed by atoms with E-state index in [0.29, 0.717) is 42.5 Å². The minimum atomic E-state index is -4.68. The lowest BCUT2D eigenvalue weighted by atomic mass is 9.59. The molecule has 1 unspecified atom stereocenters. The molecule has 6 heterocycles. The number of likely N-dealkylation sites (tertiary alicyclic amines) is 1. The fourth-order valence-electron chi connectivity index (χ4n) is 10.1. The Labute approximate surface area is 366 Å². The molecule has 4 aliphatic rings. The smallest absolute Gasteiger partial charge is 0.312 e. The Balaban J connectivity index is 0.905. The third kappa shape index (κ3) is 8.82. The second-order valence-corrected chi connectivity index (χ2v) is 19.7. The van der Waals surface area contributed by atoms with E-state index in [1.165, 1.54) is 43.0 Å². The number of pyridine rings is 2. The van der Waals surface area contributed by atoms with Crippen LogP contribution in [0.1, 0.15) is 98.8 Å². The van der Waals surface area contributed by atoms with Crippen LogP contribution in [-0.2, 0) is 10.0 Å². The molecule has 5 aromatic rings. The predicted octanol–water partition coefficient (Wildman–Crippen LogP) is 7.96. The number of hydrogen-bond acceptors (Lipinski definition) is 12. The topological polar surface area (TPSA) is 185 Å². The van der Waals surface area contributed by atoms with Crippen LogP contribution in [0, 0.1) is 15.5 Å². The second kappa shape index (κ2) is 17.1. The van der Waals surface area contributed by atoms with E-state index in [1.54, 1.807) is 24.5 Å². The third-order valence-electron chi connectivity index (χ3n) is 13.6. The molecule has 0 bridgehead atoms. The van der Waals surface area contributed by atoms with Crippen molar-refractivity contribution in [2.24, 2.45) is 5.41 Å². The van der Waals surface area contributed by atoms with Crippen LogP contribution < -0.4 is 24.4 Å². The Morgan fingerprint density at radius 1 is 1.00 bits per heavy atom. The van der Waals surface area contributed by atoms with Gasteiger partial charge in [-0.25, -0.2) is 27.5 Å². The molecule has 1 aliphatic carbocycles. The molecule has 1 spiro atoms. The Kier molecular flexibility index (Phi) is 11.6. The van der Waals surface area contributed by atoms with Crippen molar-refractivity contribution in [3.63, 3.8) is 0 Å². The van der Waals surface area contributed by atoms with Crippen LogP contribution in [0.5, 0.6) is 17.2 Å². The van der Waals surface area contributed by atoms with Gasteiger partial charge < -0.3 is 24.7 Å². The number of benzene rings is 2. The number of sulfonamides is 1. The normalized spacial score (nSPS) is 20.2. The Bertz CT molecular complexity index is 2620. The van der Waals surface area contributed by atoms with Gasteiger partial charge >= 0.3 is 5.69 Å². The number of fused-ring (bicyclic) bond motifs is 1. The van der Waals surface area contributed by atoms with E-state index in [4.69, 9.17) is 9.47 Å². The molecule has 1 atom stereocenters. The van der Waals surface area contributed by atoms with Crippen molar-refractivity contribution in [1.29, 1.82) is 0 Å². The van der Waals surface area contributed by atoms with Gasteiger partial charge in [-0.15, -0.1) is 0 Å². The molecule has 1 saturated carbocycles. The average Bonchev–Trinajstić information content (AvgIpc) is 3.95. The van der Waals surface area contributed by atoms with Crippen LogP contribution in [0.2, 0.25) is 0 Å². The number of carbonyl (C=O) groups is 1. The summed E-state index contributed by atoms with van der Waals surface area (Å²) in [5.74, 6) is -0.593. The lowest BCUT2D eigenvalue weighted by Crippen LogP contribution is -2.55. The number of halogens is 1. The van der Waals surface area contributed by atoms with E-state index < -0.39 is 43.7 Å². The number of hydrogen-bond donors (Lipinski definition) is 3. The molecule has 3 aliphatic heterocycles. The zero-order valence-electron chi connectivity index (χ0n) is 35.5. The number of nitro groups is 1. The largest absolute Gasteiger partial charge is 0.483 e. The first kappa shape index (κ1) is 42.6. The highest BCUT2D eigenvalue weighted by Crippen LogP contribution is 2.54. The number of alkyl halides is 1. The summed E-state index contributed by atoms with van der Waals surface area (Å²) in [7, 11) is -4.68. The van der Waals surface area contributed by atoms with E-state index in [9.17, 15) is 23.3 Å². The predicted molar refractivity (Wildman–Crippen MR) is 236 cm³/mol. The van der Waals surface area contributed by atoms with Gasteiger partial charge in [0, 0.05) is 48.9 Å². The first-order valence-electron chi connectivity index (χ1n) is 21.9. The van der Waals surface area contributed by atoms with Gasteiger partial charge in [0.05, 0.1) is 27.9 Å². The summed E-state index contributed by atoms with van der Waals surface area (Å²) in [6.45, 7) is 7.71. The number of rotatable bonds is 13. The van der Waals surface area contributed by atoms with Gasteiger partial charge in [-0.05, 0) is 118 Å². The van der Waals surface area contributed by atoms with E-state index in [1.807, 2.05) is 10.8 Å². The van der Waals surface area contributed by atoms with Gasteiger partial charge in [0.15, 0.2) is 17.2 Å². The molecule has 3 N–H and O–H groups in total. The minimum absolute atomic E-state index is 0.00966. The summed E-state index contributed by atoms with van der Waals surface area (Å²) in [4.78, 5) is 41.4. The molecule has 4 fully saturated rings. The minimum Gasteiger partial charge on any atom is -0.483 e. The van der Waals surface area contributed by atoms with Crippen LogP contribution in [0.3, 0.4) is 0 Å². The molecule has 332 valence electrons. The lowest BCUT2D eigenvalue weighted by Gasteiger charge is -2.56. The highest BCUT2D eigenvalue weighted by Gasteiger charge is 2.50. The van der Waals surface area contributed by atoms with Gasteiger partial charge in [0.2, 0.25) is 0 Å². The molecule has 1 amide bonds. The second-order valence-electron chi connectivity index (χ2n) is 18.0. The molecule has 63 heavy (non-hydrogen) atoms. The molecule has 0 radical (unpaired) electrons. The molecular weight excluding hydrogens is 828 g/mol. The zero-order valence-corrected chi connectivity index (χ0v) is 36.3. The maximum atomic E-state index is 15.2. The maximum Gasteiger partial charge on any atom is 0.312 e. The quantitative estimate of drug-likeness (QED) is 0.0767. The lowest BCUT2D eigenvalue weighted by molar-refractivity contribution is -0.386. The van der Waals surface area contributed by atoms with Crippen molar-refractivity contribution in [1.82, 2.24) is 29.9 Å². The monoisotopic (exact) mass is 880 g/mol. The fourth-order valence-corrected chi connectivity index (χ4v) is 11.0. The number of amides is 1. The number of piperidine rings is 2. The van der Waals surface area contributed by atoms with Crippen molar-refractivity contribution < 1.29 is 32.0 Å². The molecule has 3 saturated heterocycles. The Morgan fingerprint density at radius 3 is 2.54 bits per heavy atom. The number of ether oxygens (including phenoxy) is 2. The fraction of sp³-hybridized carbons (Fsp3) is 0.457. The summed E-state index contributed by atoms with van der Waals surface area (Å²) < 4.78 is 56.3. The zero-order chi connectivity index (χ0) is 43.9. The van der Waals surface area contributed by atoms with Crippen LogP contribution in [0.15, 0.2) is 84.1 Å². The van der Waals surface area contributed by atoms with E-state index in [-0.39, 0.29) is 35.4 Å². The third-order valence-corrected chi connectivity index (χ3v) is 14.9. The number of carbonyl (C=O) groups excluding carboxylic acids is 1. The van der Waals surface area contributed by atoms with Crippen molar-refractivity contribution in [2.75, 3.05) is 44.2 Å². The number of aromatic amines is 1. The maximum absolute atomic E-state index is 15.2. The molecule has 15 nitrogen and oxygen atoms in total. The van der Waals surface area contributed by atoms with E-state index in [0.717, 1.165) is 61.7 Å². The highest BCUT2D eigenvalue weighted by atomic mass is 32.2. The Morgan fingerprint density at radius 2 is 1.78 bits per heavy atom. The average molecular weight is 881 g/mol. The summed E-state index contributed by atoms with van der Waals surface area (Å²) in [6.07, 6.45) is 11.9. The SMILES string of the molecule is CC(C)c1ccccc1C1CCCN1C1CC2(CCN(c3cnc(C(=O)NS(=O)(=O)c4ccc(OCC5(F)CCNCC5)c([N+](=O)[O-])c4)c(Oc4cnc5[nH]ccc5c4)c3)CC2)C1. The number of H-pyrrole nitrogens is 1. The molecule has 3 aromatic heterocycles. The number of nitrogens with zero attached hydrogens (tertiary/aromatic N) is 5. The highest BCUT2D eigenvalue weighted by molar-refractivity contribution is 7.90. The number of nitrogens with one attached hydrogen (secondary N) is 3. The van der Waals surface area contributed by atoms with Crippen LogP contribution in [0.25, 0.3) is 11.0 Å². The van der Waals surface area contributed by atoms with E-state index in [2.05, 4.69) is 68.2 Å². The summed E-state index contributed by atoms with van der Waals surface area (Å²) in [5.41, 5.74) is 1.89. The standard InChI is InChI=1S/C46H53FN8O7S/c1-30(2)36-6-3-4-7-37(36)38-8-5-19-54(38)33-25-45(26-33)14-20-53(21-15-45)32-23-41(62-34-22-31-11-16-49-43(31)51-28-34)42(50-27-32)44(56)52-63(59,60)35-9-10-40(39(24-35)55(57)58)61-29-46(47)12-17-48-18-13-46/h3-4,6-7,9-11,16,22-24,27-28,30,33,38,48H,5,8,12-15,17-21,25-26,29H2,1-2H3,(H,49,51)(H,52,56). The molecule has 17 heteroatoms. The van der Waals surface area contributed by atoms with Crippen molar-refractivity contribution in [3.05, 3.63) is 106 Å². The summed E-state index contributed by atoms with van der Waals surface area (Å²) >= 11 is 0. The van der Waals surface area contributed by atoms with Gasteiger partial charge in [-0.2, -0.15) is 0 Å². The van der Waals surface area contributed by atoms with Crippen molar-refractivity contribution in [2.45, 2.75) is 93.8 Å². The summed E-state index contributed by atoms with van der Waals surface area (Å²) in [6, 6.07) is 18.2. The van der Waals surface area contributed by atoms with Gasteiger partial charge in [-0.3, -0.25) is 19.8 Å². The van der Waals surface area contributed by atoms with Gasteiger partial charge in [-0.1, -0.05) is 38.1 Å². The molecule has 2 aromatic carbocycles. The molecular formula is C46H53FN8O7S. The molecule has 9 rings (SSSR count). The first-order valence-corrected chi connectivity index (χ1v) is 23.4. The number of anilines is 1. The van der Waals surface area contributed by atoms with Crippen molar-refractivity contribution >= 4 is 38.3 Å². The number of aromatic nitrogens is 3. The van der Waals surface area contributed by atoms with Crippen LogP contribution >= 0.6 is 0 Å². The van der Waals surface area contributed by atoms with Crippen LogP contribution in [0.4, 0.5) is 15.8 Å². The number of nitro benzene ring substituents is 1. The van der Waals surface area contributed by atoms with Gasteiger partial charge in [0.1, 0.15) is 23.7 Å². The first-order chi connectivity index (χ1) is 30.3.